The van der Waals surface area contributed by atoms with E-state index in [0.29, 0.717) is 5.92 Å². The minimum Gasteiger partial charge on any atom is -0.496 e. The number of fused-ring (bicyclic) bond motifs is 2. The molecule has 1 heterocycles. The lowest BCUT2D eigenvalue weighted by Crippen LogP contribution is -2.43. The second kappa shape index (κ2) is 5.64. The molecule has 3 fully saturated rings. The molecule has 3 atom stereocenters. The maximum absolute atomic E-state index is 5.55. The molecule has 0 aromatic heterocycles. The molecule has 0 radical (unpaired) electrons. The van der Waals surface area contributed by atoms with Crippen LogP contribution in [0.2, 0.25) is 0 Å². The van der Waals surface area contributed by atoms with Gasteiger partial charge in [-0.25, -0.2) is 0 Å². The highest BCUT2D eigenvalue weighted by molar-refractivity contribution is 5.36. The van der Waals surface area contributed by atoms with Crippen LogP contribution in [0.25, 0.3) is 0 Å². The summed E-state index contributed by atoms with van der Waals surface area (Å²) in [5, 5.41) is 0. The van der Waals surface area contributed by atoms with E-state index >= 15 is 0 Å². The van der Waals surface area contributed by atoms with Gasteiger partial charge in [0.1, 0.15) is 5.75 Å². The van der Waals surface area contributed by atoms with Crippen LogP contribution in [-0.2, 0) is 0 Å². The quantitative estimate of drug-likeness (QED) is 0.830. The van der Waals surface area contributed by atoms with E-state index in [1.807, 2.05) is 0 Å². The lowest BCUT2D eigenvalue weighted by atomic mass is 9.86. The fourth-order valence-electron chi connectivity index (χ4n) is 5.20. The first kappa shape index (κ1) is 13.6. The highest BCUT2D eigenvalue weighted by Crippen LogP contribution is 2.47. The third-order valence-electron chi connectivity index (χ3n) is 6.28. The molecule has 0 unspecified atom stereocenters. The van der Waals surface area contributed by atoms with Gasteiger partial charge in [-0.05, 0) is 74.6 Å². The second-order valence-electron chi connectivity index (χ2n) is 7.29. The fourth-order valence-corrected chi connectivity index (χ4v) is 5.20. The van der Waals surface area contributed by atoms with Crippen LogP contribution < -0.4 is 4.74 Å². The van der Waals surface area contributed by atoms with Gasteiger partial charge in [0.2, 0.25) is 0 Å². The maximum atomic E-state index is 5.55. The van der Waals surface area contributed by atoms with Gasteiger partial charge in [0.05, 0.1) is 7.11 Å². The van der Waals surface area contributed by atoms with Gasteiger partial charge in [0.15, 0.2) is 0 Å². The number of nitrogens with zero attached hydrogens (tertiary/aromatic N) is 1. The molecule has 0 spiro atoms. The van der Waals surface area contributed by atoms with Gasteiger partial charge in [-0.15, -0.1) is 0 Å². The number of piperidine rings is 1. The number of para-hydroxylation sites is 1. The summed E-state index contributed by atoms with van der Waals surface area (Å²) in [6, 6.07) is 9.52. The van der Waals surface area contributed by atoms with Crippen molar-refractivity contribution in [1.29, 1.82) is 0 Å². The third kappa shape index (κ3) is 2.48. The highest BCUT2D eigenvalue weighted by Gasteiger charge is 2.42. The van der Waals surface area contributed by atoms with Crippen LogP contribution >= 0.6 is 0 Å². The Balaban J connectivity index is 1.40. The average molecular weight is 285 g/mol. The van der Waals surface area contributed by atoms with Crippen LogP contribution in [0.1, 0.15) is 50.0 Å². The minimum atomic E-state index is 0.691. The number of hydrogen-bond donors (Lipinski definition) is 0. The van der Waals surface area contributed by atoms with Crippen LogP contribution in [-0.4, -0.2) is 31.1 Å². The Morgan fingerprint density at radius 1 is 1.00 bits per heavy atom. The predicted octanol–water partition coefficient (Wildman–Crippen LogP) is 4.06. The smallest absolute Gasteiger partial charge is 0.122 e. The Morgan fingerprint density at radius 2 is 1.81 bits per heavy atom. The molecule has 2 nitrogen and oxygen atoms in total. The molecule has 2 saturated carbocycles. The molecule has 2 bridgehead atoms. The predicted molar refractivity (Wildman–Crippen MR) is 85.8 cm³/mol. The van der Waals surface area contributed by atoms with E-state index in [1.54, 1.807) is 7.11 Å². The van der Waals surface area contributed by atoms with Gasteiger partial charge >= 0.3 is 0 Å². The molecule has 1 aliphatic heterocycles. The van der Waals surface area contributed by atoms with E-state index in [4.69, 9.17) is 4.74 Å². The summed E-state index contributed by atoms with van der Waals surface area (Å²) in [5.74, 6) is 3.86. The maximum Gasteiger partial charge on any atom is 0.122 e. The zero-order valence-electron chi connectivity index (χ0n) is 13.1. The van der Waals surface area contributed by atoms with Crippen molar-refractivity contribution >= 4 is 0 Å². The molecular formula is C19H27NO. The lowest BCUT2D eigenvalue weighted by Gasteiger charge is -2.40. The normalized spacial score (nSPS) is 33.5. The fraction of sp³-hybridized carbons (Fsp3) is 0.684. The minimum absolute atomic E-state index is 0.691. The number of benzene rings is 1. The van der Waals surface area contributed by atoms with Gasteiger partial charge in [0.25, 0.3) is 0 Å². The molecule has 4 rings (SSSR count). The van der Waals surface area contributed by atoms with Crippen molar-refractivity contribution in [3.05, 3.63) is 29.8 Å². The molecular weight excluding hydrogens is 258 g/mol. The summed E-state index contributed by atoms with van der Waals surface area (Å²) >= 11 is 0. The topological polar surface area (TPSA) is 12.5 Å². The van der Waals surface area contributed by atoms with Gasteiger partial charge in [-0.1, -0.05) is 24.6 Å². The van der Waals surface area contributed by atoms with Gasteiger partial charge in [0, 0.05) is 6.04 Å². The highest BCUT2D eigenvalue weighted by atomic mass is 16.5. The SMILES string of the molecule is COc1ccccc1C1CCN([C@@H]2C[C@H]3CC[C@@H]2C3)CC1. The van der Waals surface area contributed by atoms with Crippen molar-refractivity contribution in [3.63, 3.8) is 0 Å². The summed E-state index contributed by atoms with van der Waals surface area (Å²) in [4.78, 5) is 2.82. The van der Waals surface area contributed by atoms with Crippen LogP contribution in [0.4, 0.5) is 0 Å². The van der Waals surface area contributed by atoms with E-state index in [1.165, 1.54) is 57.2 Å². The van der Waals surface area contributed by atoms with Crippen molar-refractivity contribution < 1.29 is 4.74 Å². The number of rotatable bonds is 3. The van der Waals surface area contributed by atoms with Crippen molar-refractivity contribution in [2.45, 2.75) is 50.5 Å². The van der Waals surface area contributed by atoms with Gasteiger partial charge in [-0.2, -0.15) is 0 Å². The average Bonchev–Trinajstić information content (AvgIpc) is 3.18. The molecule has 1 saturated heterocycles. The summed E-state index contributed by atoms with van der Waals surface area (Å²) in [6.07, 6.45) is 8.63. The zero-order valence-corrected chi connectivity index (χ0v) is 13.1. The van der Waals surface area contributed by atoms with Gasteiger partial charge in [-0.3, -0.25) is 0 Å². The van der Waals surface area contributed by atoms with Crippen molar-refractivity contribution in [2.75, 3.05) is 20.2 Å². The van der Waals surface area contributed by atoms with Crippen molar-refractivity contribution in [1.82, 2.24) is 4.90 Å². The molecule has 21 heavy (non-hydrogen) atoms. The Bertz CT molecular complexity index is 492. The lowest BCUT2D eigenvalue weighted by molar-refractivity contribution is 0.110. The number of hydrogen-bond acceptors (Lipinski definition) is 2. The first-order valence-corrected chi connectivity index (χ1v) is 8.72. The van der Waals surface area contributed by atoms with E-state index in [-0.39, 0.29) is 0 Å². The molecule has 1 aromatic rings. The molecule has 2 aliphatic carbocycles. The summed E-state index contributed by atoms with van der Waals surface area (Å²) in [5.41, 5.74) is 1.42. The third-order valence-corrected chi connectivity index (χ3v) is 6.28. The zero-order chi connectivity index (χ0) is 14.2. The molecule has 2 heteroatoms. The number of ether oxygens (including phenoxy) is 1. The van der Waals surface area contributed by atoms with Gasteiger partial charge < -0.3 is 9.64 Å². The summed E-state index contributed by atoms with van der Waals surface area (Å²) in [7, 11) is 1.79. The molecule has 1 aromatic carbocycles. The molecule has 114 valence electrons. The Hall–Kier alpha value is -1.02. The van der Waals surface area contributed by atoms with Crippen LogP contribution in [0.15, 0.2) is 24.3 Å². The van der Waals surface area contributed by atoms with Crippen LogP contribution in [0, 0.1) is 11.8 Å². The van der Waals surface area contributed by atoms with Crippen molar-refractivity contribution in [2.24, 2.45) is 11.8 Å². The molecule has 3 aliphatic rings. The number of likely N-dealkylation sites (tertiary alicyclic amines) is 1. The van der Waals surface area contributed by atoms with E-state index < -0.39 is 0 Å². The van der Waals surface area contributed by atoms with Crippen LogP contribution in [0.5, 0.6) is 5.75 Å². The Labute approximate surface area is 128 Å². The van der Waals surface area contributed by atoms with E-state index in [2.05, 4.69) is 29.2 Å². The first-order chi connectivity index (χ1) is 10.3. The summed E-state index contributed by atoms with van der Waals surface area (Å²) < 4.78 is 5.55. The van der Waals surface area contributed by atoms with Crippen molar-refractivity contribution in [3.8, 4) is 5.75 Å². The molecule has 0 N–H and O–H groups in total. The standard InChI is InChI=1S/C19H27NO/c1-21-19-5-3-2-4-17(19)15-8-10-20(11-9-15)18-13-14-6-7-16(18)12-14/h2-5,14-16,18H,6-13H2,1H3/t14-,16+,18+/m0/s1. The van der Waals surface area contributed by atoms with Crippen LogP contribution in [0.3, 0.4) is 0 Å². The largest absolute Gasteiger partial charge is 0.496 e. The second-order valence-corrected chi connectivity index (χ2v) is 7.29. The first-order valence-electron chi connectivity index (χ1n) is 8.72. The Kier molecular flexibility index (Phi) is 3.66. The van der Waals surface area contributed by atoms with E-state index in [0.717, 1.165) is 23.6 Å². The Morgan fingerprint density at radius 3 is 2.48 bits per heavy atom. The molecule has 0 amide bonds. The monoisotopic (exact) mass is 285 g/mol. The summed E-state index contributed by atoms with van der Waals surface area (Å²) in [6.45, 7) is 2.58. The van der Waals surface area contributed by atoms with E-state index in [9.17, 15) is 0 Å². The number of methoxy groups -OCH3 is 1.